The summed E-state index contributed by atoms with van der Waals surface area (Å²) in [5.74, 6) is 2.47. The number of hydrogen-bond acceptors (Lipinski definition) is 2. The second-order valence-corrected chi connectivity index (χ2v) is 5.23. The third-order valence-corrected chi connectivity index (χ3v) is 4.25. The fourth-order valence-corrected chi connectivity index (χ4v) is 3.40. The number of nitrogens with two attached hydrogens (primary N) is 1. The highest BCUT2D eigenvalue weighted by molar-refractivity contribution is 7.99. The Morgan fingerprint density at radius 2 is 2.36 bits per heavy atom. The first-order valence-electron chi connectivity index (χ1n) is 5.15. The van der Waals surface area contributed by atoms with Gasteiger partial charge in [-0.2, -0.15) is 0 Å². The molecule has 1 aromatic carbocycles. The summed E-state index contributed by atoms with van der Waals surface area (Å²) in [6.07, 6.45) is 0. The molecular formula is C12H17NS. The van der Waals surface area contributed by atoms with Gasteiger partial charge >= 0.3 is 0 Å². The number of fused-ring (bicyclic) bond motifs is 1. The zero-order chi connectivity index (χ0) is 10.1. The van der Waals surface area contributed by atoms with Crippen LogP contribution in [0.25, 0.3) is 0 Å². The summed E-state index contributed by atoms with van der Waals surface area (Å²) < 4.78 is 0. The lowest BCUT2D eigenvalue weighted by Gasteiger charge is -2.17. The number of rotatable bonds is 2. The summed E-state index contributed by atoms with van der Waals surface area (Å²) in [5.41, 5.74) is 8.62. The summed E-state index contributed by atoms with van der Waals surface area (Å²) in [6.45, 7) is 5.20. The van der Waals surface area contributed by atoms with E-state index in [0.717, 1.165) is 6.54 Å². The average Bonchev–Trinajstić information content (AvgIpc) is 2.59. The van der Waals surface area contributed by atoms with Crippen LogP contribution in [0, 0.1) is 12.8 Å². The predicted molar refractivity (Wildman–Crippen MR) is 62.9 cm³/mol. The van der Waals surface area contributed by atoms with Crippen LogP contribution in [0.5, 0.6) is 0 Å². The number of aryl methyl sites for hydroxylation is 1. The van der Waals surface area contributed by atoms with E-state index in [-0.39, 0.29) is 0 Å². The van der Waals surface area contributed by atoms with Gasteiger partial charge in [-0.3, -0.25) is 0 Å². The van der Waals surface area contributed by atoms with Gasteiger partial charge in [0.15, 0.2) is 0 Å². The SMILES string of the molecule is Cc1ccc2c(c1)C(C(C)CN)CS2. The summed E-state index contributed by atoms with van der Waals surface area (Å²) in [6, 6.07) is 6.77. The van der Waals surface area contributed by atoms with Crippen LogP contribution in [0.15, 0.2) is 23.1 Å². The van der Waals surface area contributed by atoms with Crippen LogP contribution in [0.1, 0.15) is 24.0 Å². The fraction of sp³-hybridized carbons (Fsp3) is 0.500. The summed E-state index contributed by atoms with van der Waals surface area (Å²) in [4.78, 5) is 1.46. The summed E-state index contributed by atoms with van der Waals surface area (Å²) >= 11 is 1.97. The lowest BCUT2D eigenvalue weighted by atomic mass is 9.88. The summed E-state index contributed by atoms with van der Waals surface area (Å²) in [5, 5.41) is 0. The molecule has 0 bridgehead atoms. The van der Waals surface area contributed by atoms with Crippen LogP contribution in [0.2, 0.25) is 0 Å². The first-order valence-corrected chi connectivity index (χ1v) is 6.14. The first kappa shape index (κ1) is 10.1. The van der Waals surface area contributed by atoms with Gasteiger partial charge in [-0.15, -0.1) is 11.8 Å². The van der Waals surface area contributed by atoms with Gasteiger partial charge < -0.3 is 5.73 Å². The zero-order valence-corrected chi connectivity index (χ0v) is 9.60. The molecular weight excluding hydrogens is 190 g/mol. The lowest BCUT2D eigenvalue weighted by molar-refractivity contribution is 0.506. The Hall–Kier alpha value is -0.470. The third kappa shape index (κ3) is 1.69. The zero-order valence-electron chi connectivity index (χ0n) is 8.79. The van der Waals surface area contributed by atoms with Crippen molar-refractivity contribution in [2.24, 2.45) is 11.7 Å². The Morgan fingerprint density at radius 3 is 3.07 bits per heavy atom. The van der Waals surface area contributed by atoms with E-state index < -0.39 is 0 Å². The maximum atomic E-state index is 5.74. The molecule has 2 atom stereocenters. The van der Waals surface area contributed by atoms with Gasteiger partial charge in [-0.05, 0) is 36.9 Å². The molecule has 1 aliphatic rings. The van der Waals surface area contributed by atoms with Gasteiger partial charge in [0.25, 0.3) is 0 Å². The molecule has 2 rings (SSSR count). The molecule has 1 heterocycles. The molecule has 0 amide bonds. The molecule has 2 unspecified atom stereocenters. The predicted octanol–water partition coefficient (Wildman–Crippen LogP) is 2.78. The van der Waals surface area contributed by atoms with Crippen molar-refractivity contribution in [3.8, 4) is 0 Å². The maximum absolute atomic E-state index is 5.74. The molecule has 76 valence electrons. The molecule has 0 aromatic heterocycles. The van der Waals surface area contributed by atoms with Crippen molar-refractivity contribution >= 4 is 11.8 Å². The minimum Gasteiger partial charge on any atom is -0.330 e. The van der Waals surface area contributed by atoms with Gasteiger partial charge in [-0.25, -0.2) is 0 Å². The van der Waals surface area contributed by atoms with Crippen LogP contribution in [-0.2, 0) is 0 Å². The Balaban J connectivity index is 2.33. The quantitative estimate of drug-likeness (QED) is 0.807. The molecule has 0 saturated heterocycles. The highest BCUT2D eigenvalue weighted by Gasteiger charge is 2.26. The van der Waals surface area contributed by atoms with Crippen LogP contribution >= 0.6 is 11.8 Å². The van der Waals surface area contributed by atoms with Crippen molar-refractivity contribution in [3.05, 3.63) is 29.3 Å². The normalized spacial score (nSPS) is 22.1. The second kappa shape index (κ2) is 3.95. The minimum absolute atomic E-state index is 0.602. The fourth-order valence-electron chi connectivity index (χ4n) is 1.99. The molecule has 0 saturated carbocycles. The van der Waals surface area contributed by atoms with Crippen molar-refractivity contribution in [1.29, 1.82) is 0 Å². The van der Waals surface area contributed by atoms with E-state index in [0.29, 0.717) is 11.8 Å². The van der Waals surface area contributed by atoms with Gasteiger partial charge in [0.1, 0.15) is 0 Å². The number of hydrogen-bond donors (Lipinski definition) is 1. The lowest BCUT2D eigenvalue weighted by Crippen LogP contribution is -2.19. The largest absolute Gasteiger partial charge is 0.330 e. The average molecular weight is 207 g/mol. The monoisotopic (exact) mass is 207 g/mol. The Bertz CT molecular complexity index is 335. The topological polar surface area (TPSA) is 26.0 Å². The summed E-state index contributed by atoms with van der Waals surface area (Å²) in [7, 11) is 0. The molecule has 0 radical (unpaired) electrons. The number of benzene rings is 1. The minimum atomic E-state index is 0.602. The standard InChI is InChI=1S/C12H17NS/c1-8-3-4-12-10(5-8)11(7-14-12)9(2)6-13/h3-5,9,11H,6-7,13H2,1-2H3. The highest BCUT2D eigenvalue weighted by atomic mass is 32.2. The van der Waals surface area contributed by atoms with E-state index >= 15 is 0 Å². The van der Waals surface area contributed by atoms with E-state index in [1.165, 1.54) is 21.8 Å². The molecule has 2 heteroatoms. The van der Waals surface area contributed by atoms with Crippen LogP contribution in [0.3, 0.4) is 0 Å². The molecule has 2 N–H and O–H groups in total. The van der Waals surface area contributed by atoms with E-state index in [9.17, 15) is 0 Å². The Labute approximate surface area is 90.1 Å². The second-order valence-electron chi connectivity index (χ2n) is 4.17. The molecule has 0 spiro atoms. The maximum Gasteiger partial charge on any atom is 0.0108 e. The van der Waals surface area contributed by atoms with E-state index in [4.69, 9.17) is 5.73 Å². The Kier molecular flexibility index (Phi) is 2.84. The van der Waals surface area contributed by atoms with Gasteiger partial charge in [0.05, 0.1) is 0 Å². The van der Waals surface area contributed by atoms with Crippen molar-refractivity contribution in [3.63, 3.8) is 0 Å². The third-order valence-electron chi connectivity index (χ3n) is 3.04. The van der Waals surface area contributed by atoms with Crippen molar-refractivity contribution < 1.29 is 0 Å². The highest BCUT2D eigenvalue weighted by Crippen LogP contribution is 2.43. The van der Waals surface area contributed by atoms with E-state index in [2.05, 4.69) is 32.0 Å². The van der Waals surface area contributed by atoms with Crippen LogP contribution < -0.4 is 5.73 Å². The smallest absolute Gasteiger partial charge is 0.0108 e. The molecule has 1 aliphatic heterocycles. The van der Waals surface area contributed by atoms with E-state index in [1.54, 1.807) is 0 Å². The van der Waals surface area contributed by atoms with Crippen molar-refractivity contribution in [2.45, 2.75) is 24.7 Å². The van der Waals surface area contributed by atoms with Crippen LogP contribution in [0.4, 0.5) is 0 Å². The first-order chi connectivity index (χ1) is 6.72. The number of thioether (sulfide) groups is 1. The molecule has 14 heavy (non-hydrogen) atoms. The molecule has 0 aliphatic carbocycles. The van der Waals surface area contributed by atoms with Gasteiger partial charge in [-0.1, -0.05) is 24.6 Å². The molecule has 1 nitrogen and oxygen atoms in total. The Morgan fingerprint density at radius 1 is 1.57 bits per heavy atom. The van der Waals surface area contributed by atoms with Crippen LogP contribution in [-0.4, -0.2) is 12.3 Å². The van der Waals surface area contributed by atoms with E-state index in [1.807, 2.05) is 11.8 Å². The molecule has 1 aromatic rings. The van der Waals surface area contributed by atoms with Crippen molar-refractivity contribution in [2.75, 3.05) is 12.3 Å². The molecule has 0 fully saturated rings. The van der Waals surface area contributed by atoms with Gasteiger partial charge in [0, 0.05) is 10.6 Å². The van der Waals surface area contributed by atoms with Crippen molar-refractivity contribution in [1.82, 2.24) is 0 Å². The van der Waals surface area contributed by atoms with Gasteiger partial charge in [0.2, 0.25) is 0 Å².